The molecule has 2 heterocycles. The summed E-state index contributed by atoms with van der Waals surface area (Å²) in [4.78, 5) is 53.6. The third-order valence-electron chi connectivity index (χ3n) is 7.21. The van der Waals surface area contributed by atoms with E-state index in [1.807, 2.05) is 13.8 Å². The molecular weight excluding hydrogens is 488 g/mol. The maximum atomic E-state index is 13.8. The zero-order valence-electron chi connectivity index (χ0n) is 20.7. The van der Waals surface area contributed by atoms with Crippen LogP contribution in [0.25, 0.3) is 0 Å². The molecule has 196 valence electrons. The van der Waals surface area contributed by atoms with Gasteiger partial charge in [0.2, 0.25) is 18.1 Å². The van der Waals surface area contributed by atoms with Gasteiger partial charge in [0.25, 0.3) is 5.91 Å². The van der Waals surface area contributed by atoms with E-state index in [0.717, 1.165) is 19.3 Å². The van der Waals surface area contributed by atoms with E-state index in [1.165, 1.54) is 12.1 Å². The Balaban J connectivity index is 1.51. The summed E-state index contributed by atoms with van der Waals surface area (Å²) in [6.07, 6.45) is 1.54. The Morgan fingerprint density at radius 3 is 2.69 bits per heavy atom. The average Bonchev–Trinajstić information content (AvgIpc) is 3.53. The quantitative estimate of drug-likeness (QED) is 0.351. The molecule has 36 heavy (non-hydrogen) atoms. The lowest BCUT2D eigenvalue weighted by atomic mass is 9.95. The minimum absolute atomic E-state index is 0.0139. The Morgan fingerprint density at radius 2 is 2.03 bits per heavy atom. The van der Waals surface area contributed by atoms with E-state index in [-0.39, 0.29) is 46.7 Å². The molecule has 3 aliphatic rings. The summed E-state index contributed by atoms with van der Waals surface area (Å²) in [5.41, 5.74) is 6.39. The Hall–Kier alpha value is -2.85. The zero-order chi connectivity index (χ0) is 26.1. The van der Waals surface area contributed by atoms with Crippen molar-refractivity contribution in [2.24, 2.45) is 11.8 Å². The van der Waals surface area contributed by atoms with Crippen molar-refractivity contribution >= 4 is 41.0 Å². The number of nitrogens with zero attached hydrogens (tertiary/aromatic N) is 1. The van der Waals surface area contributed by atoms with Crippen LogP contribution in [0.4, 0.5) is 5.69 Å². The fourth-order valence-electron chi connectivity index (χ4n) is 5.45. The number of hydrogen-bond donors (Lipinski definition) is 3. The van der Waals surface area contributed by atoms with E-state index in [0.29, 0.717) is 12.3 Å². The lowest BCUT2D eigenvalue weighted by Crippen LogP contribution is -2.60. The van der Waals surface area contributed by atoms with Gasteiger partial charge in [-0.1, -0.05) is 25.4 Å². The summed E-state index contributed by atoms with van der Waals surface area (Å²) in [7, 11) is 0. The van der Waals surface area contributed by atoms with Crippen molar-refractivity contribution in [2.45, 2.75) is 76.9 Å². The highest BCUT2D eigenvalue weighted by Gasteiger charge is 2.53. The van der Waals surface area contributed by atoms with Gasteiger partial charge in [0.1, 0.15) is 18.1 Å². The molecule has 0 aromatic heterocycles. The minimum atomic E-state index is -0.844. The van der Waals surface area contributed by atoms with Crippen molar-refractivity contribution < 1.29 is 28.7 Å². The fourth-order valence-corrected chi connectivity index (χ4v) is 5.63. The van der Waals surface area contributed by atoms with Crippen molar-refractivity contribution in [3.8, 4) is 0 Å². The summed E-state index contributed by atoms with van der Waals surface area (Å²) in [6.45, 7) is 5.80. The van der Waals surface area contributed by atoms with E-state index >= 15 is 0 Å². The standard InChI is InChI=1S/C25H33ClN4O6/c1-4-35-25-18(11-19(31)36-25)28-23(33)21-13-5-7-15(9-13)30(21)24(34)20(12(2)3)29-22(32)14-6-8-17(27)16(26)10-14/h6,8,10,12-13,15,18,20-21,25H,4-5,7,9,11,27H2,1-3H3,(H,28,33)(H,29,32)/t13-,15?,18?,20?,21?,25?/m1/s1. The second-order valence-electron chi connectivity index (χ2n) is 9.98. The SMILES string of the molecule is CCOC1OC(=O)CC1NC(=O)C1[C@@H]2CCC(C2)N1C(=O)C(NC(=O)c1ccc(N)c(Cl)c1)C(C)C. The topological polar surface area (TPSA) is 140 Å². The number of esters is 1. The predicted octanol–water partition coefficient (Wildman–Crippen LogP) is 1.85. The van der Waals surface area contributed by atoms with Crippen LogP contribution in [0, 0.1) is 11.8 Å². The molecule has 2 aliphatic heterocycles. The van der Waals surface area contributed by atoms with Crippen molar-refractivity contribution in [2.75, 3.05) is 12.3 Å². The number of likely N-dealkylation sites (tertiary alicyclic amines) is 1. The molecule has 3 amide bonds. The summed E-state index contributed by atoms with van der Waals surface area (Å²) >= 11 is 6.07. The highest BCUT2D eigenvalue weighted by Crippen LogP contribution is 2.43. The van der Waals surface area contributed by atoms with Gasteiger partial charge in [-0.2, -0.15) is 0 Å². The maximum Gasteiger partial charge on any atom is 0.310 e. The lowest BCUT2D eigenvalue weighted by Gasteiger charge is -2.38. The molecule has 6 atom stereocenters. The number of fused-ring (bicyclic) bond motifs is 2. The number of halogens is 1. The molecule has 4 rings (SSSR count). The van der Waals surface area contributed by atoms with Crippen molar-refractivity contribution in [3.63, 3.8) is 0 Å². The lowest BCUT2D eigenvalue weighted by molar-refractivity contribution is -0.165. The molecule has 2 bridgehead atoms. The van der Waals surface area contributed by atoms with Crippen molar-refractivity contribution in [3.05, 3.63) is 28.8 Å². The first kappa shape index (κ1) is 26.2. The first-order valence-corrected chi connectivity index (χ1v) is 12.8. The van der Waals surface area contributed by atoms with Gasteiger partial charge in [-0.15, -0.1) is 0 Å². The number of nitrogens with two attached hydrogens (primary N) is 1. The Bertz CT molecular complexity index is 1050. The third-order valence-corrected chi connectivity index (χ3v) is 7.54. The van der Waals surface area contributed by atoms with Gasteiger partial charge in [-0.05, 0) is 56.2 Å². The Morgan fingerprint density at radius 1 is 1.28 bits per heavy atom. The molecule has 1 saturated carbocycles. The zero-order valence-corrected chi connectivity index (χ0v) is 21.4. The highest BCUT2D eigenvalue weighted by atomic mass is 35.5. The summed E-state index contributed by atoms with van der Waals surface area (Å²) in [5.74, 6) is -1.73. The number of ether oxygens (including phenoxy) is 2. The summed E-state index contributed by atoms with van der Waals surface area (Å²) in [6, 6.07) is 2.34. The number of hydrogen-bond acceptors (Lipinski definition) is 7. The third kappa shape index (κ3) is 5.15. The highest BCUT2D eigenvalue weighted by molar-refractivity contribution is 6.33. The normalized spacial score (nSPS) is 27.8. The van der Waals surface area contributed by atoms with Crippen LogP contribution in [0.1, 0.15) is 56.8 Å². The van der Waals surface area contributed by atoms with E-state index in [4.69, 9.17) is 26.8 Å². The van der Waals surface area contributed by atoms with Gasteiger partial charge in [0.05, 0.1) is 17.1 Å². The number of amides is 3. The van der Waals surface area contributed by atoms with E-state index in [2.05, 4.69) is 10.6 Å². The number of piperidine rings is 1. The molecule has 1 aliphatic carbocycles. The Kier molecular flexibility index (Phi) is 7.75. The van der Waals surface area contributed by atoms with Crippen LogP contribution in [0.2, 0.25) is 5.02 Å². The summed E-state index contributed by atoms with van der Waals surface area (Å²) < 4.78 is 10.6. The molecule has 0 spiro atoms. The number of rotatable bonds is 8. The van der Waals surface area contributed by atoms with Crippen LogP contribution < -0.4 is 16.4 Å². The number of carbonyl (C=O) groups is 4. The second-order valence-corrected chi connectivity index (χ2v) is 10.4. The van der Waals surface area contributed by atoms with Gasteiger partial charge in [-0.3, -0.25) is 19.2 Å². The van der Waals surface area contributed by atoms with E-state index in [1.54, 1.807) is 17.9 Å². The van der Waals surface area contributed by atoms with Gasteiger partial charge >= 0.3 is 5.97 Å². The van der Waals surface area contributed by atoms with Crippen molar-refractivity contribution in [1.29, 1.82) is 0 Å². The van der Waals surface area contributed by atoms with Crippen LogP contribution in [0.5, 0.6) is 0 Å². The summed E-state index contributed by atoms with van der Waals surface area (Å²) in [5, 5.41) is 5.97. The molecule has 10 nitrogen and oxygen atoms in total. The van der Waals surface area contributed by atoms with Gasteiger partial charge in [-0.25, -0.2) is 0 Å². The minimum Gasteiger partial charge on any atom is -0.433 e. The van der Waals surface area contributed by atoms with E-state index < -0.39 is 36.3 Å². The largest absolute Gasteiger partial charge is 0.433 e. The number of nitrogen functional groups attached to an aromatic ring is 1. The first-order chi connectivity index (χ1) is 17.1. The molecule has 1 aromatic rings. The van der Waals surface area contributed by atoms with Crippen LogP contribution in [-0.4, -0.2) is 65.7 Å². The Labute approximate surface area is 215 Å². The fraction of sp³-hybridized carbons (Fsp3) is 0.600. The first-order valence-electron chi connectivity index (χ1n) is 12.4. The number of anilines is 1. The van der Waals surface area contributed by atoms with Crippen LogP contribution in [0.15, 0.2) is 18.2 Å². The molecule has 5 unspecified atom stereocenters. The number of nitrogens with one attached hydrogen (secondary N) is 2. The van der Waals surface area contributed by atoms with Gasteiger partial charge < -0.3 is 30.7 Å². The smallest absolute Gasteiger partial charge is 0.310 e. The van der Waals surface area contributed by atoms with Crippen LogP contribution >= 0.6 is 11.6 Å². The monoisotopic (exact) mass is 520 g/mol. The molecule has 2 saturated heterocycles. The van der Waals surface area contributed by atoms with Crippen LogP contribution in [-0.2, 0) is 23.9 Å². The number of benzene rings is 1. The molecule has 4 N–H and O–H groups in total. The molecular formula is C25H33ClN4O6. The maximum absolute atomic E-state index is 13.8. The predicted molar refractivity (Wildman–Crippen MR) is 132 cm³/mol. The molecule has 1 aromatic carbocycles. The molecule has 11 heteroatoms. The van der Waals surface area contributed by atoms with Gasteiger partial charge in [0, 0.05) is 18.2 Å². The average molecular weight is 521 g/mol. The molecule has 0 radical (unpaired) electrons. The van der Waals surface area contributed by atoms with Crippen molar-refractivity contribution in [1.82, 2.24) is 15.5 Å². The van der Waals surface area contributed by atoms with E-state index in [9.17, 15) is 19.2 Å². The van der Waals surface area contributed by atoms with Gasteiger partial charge in [0.15, 0.2) is 0 Å². The number of cyclic esters (lactones) is 1. The number of carbonyl (C=O) groups excluding carboxylic acids is 4. The van der Waals surface area contributed by atoms with Crippen LogP contribution in [0.3, 0.4) is 0 Å². The second kappa shape index (κ2) is 10.6. The molecule has 3 fully saturated rings.